The molecule has 22 heavy (non-hydrogen) atoms. The van der Waals surface area contributed by atoms with Gasteiger partial charge in [0.25, 0.3) is 5.91 Å². The van der Waals surface area contributed by atoms with Crippen LogP contribution in [-0.2, 0) is 4.79 Å². The molecule has 0 aliphatic carbocycles. The monoisotopic (exact) mass is 337 g/mol. The third kappa shape index (κ3) is 4.86. The Hall–Kier alpha value is -1.85. The standard InChI is InChI=1S/C16H16ClNO3S/c17-12-6-4-11(5-7-12)13-8-9-14(22-13)16(21)18-10-2-1-3-15(19)20/h4-9H,1-3,10H2,(H,18,21)(H,19,20). The second-order valence-electron chi connectivity index (χ2n) is 4.78. The molecule has 0 spiro atoms. The molecular formula is C16H16ClNO3S. The van der Waals surface area contributed by atoms with Gasteiger partial charge in [0, 0.05) is 22.9 Å². The molecule has 6 heteroatoms. The molecule has 0 aliphatic heterocycles. The van der Waals surface area contributed by atoms with E-state index in [2.05, 4.69) is 5.32 Å². The van der Waals surface area contributed by atoms with E-state index < -0.39 is 5.97 Å². The summed E-state index contributed by atoms with van der Waals surface area (Å²) in [5.74, 6) is -0.933. The quantitative estimate of drug-likeness (QED) is 0.749. The SMILES string of the molecule is O=C(O)CCCCNC(=O)c1ccc(-c2ccc(Cl)cc2)s1. The van der Waals surface area contributed by atoms with Gasteiger partial charge in [-0.05, 0) is 42.7 Å². The third-order valence-corrected chi connectivity index (χ3v) is 4.45. The lowest BCUT2D eigenvalue weighted by Crippen LogP contribution is -2.23. The maximum Gasteiger partial charge on any atom is 0.303 e. The molecule has 2 rings (SSSR count). The van der Waals surface area contributed by atoms with E-state index in [0.717, 1.165) is 10.4 Å². The highest BCUT2D eigenvalue weighted by atomic mass is 35.5. The number of amides is 1. The second-order valence-corrected chi connectivity index (χ2v) is 6.30. The molecule has 4 nitrogen and oxygen atoms in total. The maximum absolute atomic E-state index is 12.0. The summed E-state index contributed by atoms with van der Waals surface area (Å²) >= 11 is 7.28. The summed E-state index contributed by atoms with van der Waals surface area (Å²) in [6, 6.07) is 11.2. The van der Waals surface area contributed by atoms with Crippen LogP contribution in [0.1, 0.15) is 28.9 Å². The van der Waals surface area contributed by atoms with Gasteiger partial charge in [0.2, 0.25) is 0 Å². The molecule has 2 aromatic rings. The molecule has 0 radical (unpaired) electrons. The number of hydrogen-bond donors (Lipinski definition) is 2. The van der Waals surface area contributed by atoms with Crippen molar-refractivity contribution in [3.05, 3.63) is 46.3 Å². The minimum absolute atomic E-state index is 0.125. The Labute approximate surface area is 137 Å². The predicted octanol–water partition coefficient (Wildman–Crippen LogP) is 4.05. The number of carbonyl (C=O) groups excluding carboxylic acids is 1. The molecule has 0 unspecified atom stereocenters. The number of aliphatic carboxylic acids is 1. The van der Waals surface area contributed by atoms with Gasteiger partial charge >= 0.3 is 5.97 Å². The Balaban J connectivity index is 1.86. The highest BCUT2D eigenvalue weighted by Gasteiger charge is 2.10. The van der Waals surface area contributed by atoms with E-state index in [9.17, 15) is 9.59 Å². The zero-order valence-corrected chi connectivity index (χ0v) is 13.4. The van der Waals surface area contributed by atoms with Gasteiger partial charge in [-0.15, -0.1) is 11.3 Å². The molecule has 1 aromatic heterocycles. The van der Waals surface area contributed by atoms with Crippen LogP contribution in [0.2, 0.25) is 5.02 Å². The summed E-state index contributed by atoms with van der Waals surface area (Å²) < 4.78 is 0. The van der Waals surface area contributed by atoms with E-state index in [1.165, 1.54) is 11.3 Å². The number of nitrogens with one attached hydrogen (secondary N) is 1. The molecule has 0 saturated carbocycles. The highest BCUT2D eigenvalue weighted by Crippen LogP contribution is 2.28. The summed E-state index contributed by atoms with van der Waals surface area (Å²) in [6.07, 6.45) is 1.36. The van der Waals surface area contributed by atoms with Crippen molar-refractivity contribution < 1.29 is 14.7 Å². The second kappa shape index (κ2) is 7.96. The molecule has 2 N–H and O–H groups in total. The fourth-order valence-corrected chi connectivity index (χ4v) is 2.97. The lowest BCUT2D eigenvalue weighted by molar-refractivity contribution is -0.137. The normalized spacial score (nSPS) is 10.4. The number of rotatable bonds is 7. The van der Waals surface area contributed by atoms with Crippen molar-refractivity contribution in [3.63, 3.8) is 0 Å². The first kappa shape index (κ1) is 16.5. The lowest BCUT2D eigenvalue weighted by atomic mass is 10.2. The van der Waals surface area contributed by atoms with E-state index in [4.69, 9.17) is 16.7 Å². The molecule has 1 heterocycles. The van der Waals surface area contributed by atoms with Crippen LogP contribution in [0.5, 0.6) is 0 Å². The minimum Gasteiger partial charge on any atom is -0.481 e. The van der Waals surface area contributed by atoms with Crippen LogP contribution >= 0.6 is 22.9 Å². The van der Waals surface area contributed by atoms with Crippen LogP contribution in [0.4, 0.5) is 0 Å². The number of benzene rings is 1. The van der Waals surface area contributed by atoms with Gasteiger partial charge in [0.05, 0.1) is 4.88 Å². The van der Waals surface area contributed by atoms with Crippen LogP contribution in [0.25, 0.3) is 10.4 Å². The molecule has 0 aliphatic rings. The van der Waals surface area contributed by atoms with Crippen molar-refractivity contribution in [1.29, 1.82) is 0 Å². The Morgan fingerprint density at radius 2 is 1.82 bits per heavy atom. The average molecular weight is 338 g/mol. The number of halogens is 1. The number of carbonyl (C=O) groups is 2. The lowest BCUT2D eigenvalue weighted by Gasteiger charge is -2.02. The predicted molar refractivity (Wildman–Crippen MR) is 88.6 cm³/mol. The van der Waals surface area contributed by atoms with Gasteiger partial charge in [0.15, 0.2) is 0 Å². The first-order valence-corrected chi connectivity index (χ1v) is 8.11. The van der Waals surface area contributed by atoms with Crippen molar-refractivity contribution in [2.24, 2.45) is 0 Å². The summed E-state index contributed by atoms with van der Waals surface area (Å²) in [7, 11) is 0. The Morgan fingerprint density at radius 1 is 1.09 bits per heavy atom. The zero-order valence-electron chi connectivity index (χ0n) is 11.8. The highest BCUT2D eigenvalue weighted by molar-refractivity contribution is 7.17. The van der Waals surface area contributed by atoms with Crippen LogP contribution in [-0.4, -0.2) is 23.5 Å². The van der Waals surface area contributed by atoms with Crippen LogP contribution in [0, 0.1) is 0 Å². The summed E-state index contributed by atoms with van der Waals surface area (Å²) in [6.45, 7) is 0.486. The average Bonchev–Trinajstić information content (AvgIpc) is 2.97. The van der Waals surface area contributed by atoms with Crippen LogP contribution in [0.15, 0.2) is 36.4 Å². The van der Waals surface area contributed by atoms with Crippen LogP contribution < -0.4 is 5.32 Å². The van der Waals surface area contributed by atoms with Crippen LogP contribution in [0.3, 0.4) is 0 Å². The summed E-state index contributed by atoms with van der Waals surface area (Å²) in [5, 5.41) is 12.0. The van der Waals surface area contributed by atoms with Crippen molar-refractivity contribution in [3.8, 4) is 10.4 Å². The minimum atomic E-state index is -0.808. The molecule has 0 atom stereocenters. The van der Waals surface area contributed by atoms with E-state index >= 15 is 0 Å². The van der Waals surface area contributed by atoms with Crippen molar-refractivity contribution >= 4 is 34.8 Å². The molecule has 0 saturated heterocycles. The first-order valence-electron chi connectivity index (χ1n) is 6.92. The molecule has 1 aromatic carbocycles. The van der Waals surface area contributed by atoms with Crippen molar-refractivity contribution in [1.82, 2.24) is 5.32 Å². The molecule has 0 bridgehead atoms. The van der Waals surface area contributed by atoms with Crippen molar-refractivity contribution in [2.45, 2.75) is 19.3 Å². The number of unbranched alkanes of at least 4 members (excludes halogenated alkanes) is 1. The molecule has 0 fully saturated rings. The Kier molecular flexibility index (Phi) is 5.98. The van der Waals surface area contributed by atoms with Gasteiger partial charge in [0.1, 0.15) is 0 Å². The topological polar surface area (TPSA) is 66.4 Å². The van der Waals surface area contributed by atoms with Gasteiger partial charge < -0.3 is 10.4 Å². The smallest absolute Gasteiger partial charge is 0.303 e. The van der Waals surface area contributed by atoms with E-state index in [0.29, 0.717) is 29.3 Å². The summed E-state index contributed by atoms with van der Waals surface area (Å²) in [4.78, 5) is 24.0. The fourth-order valence-electron chi connectivity index (χ4n) is 1.92. The molecule has 116 valence electrons. The molecular weight excluding hydrogens is 322 g/mol. The largest absolute Gasteiger partial charge is 0.481 e. The number of carboxylic acids is 1. The number of hydrogen-bond acceptors (Lipinski definition) is 3. The van der Waals surface area contributed by atoms with E-state index in [1.807, 2.05) is 30.3 Å². The van der Waals surface area contributed by atoms with Crippen molar-refractivity contribution in [2.75, 3.05) is 6.54 Å². The van der Waals surface area contributed by atoms with Gasteiger partial charge in [-0.2, -0.15) is 0 Å². The Bertz CT molecular complexity index is 652. The van der Waals surface area contributed by atoms with Gasteiger partial charge in [-0.1, -0.05) is 23.7 Å². The first-order chi connectivity index (χ1) is 10.6. The number of carboxylic acid groups (broad SMARTS) is 1. The fraction of sp³-hybridized carbons (Fsp3) is 0.250. The third-order valence-electron chi connectivity index (χ3n) is 3.06. The van der Waals surface area contributed by atoms with E-state index in [1.54, 1.807) is 6.07 Å². The Morgan fingerprint density at radius 3 is 2.50 bits per heavy atom. The number of thiophene rings is 1. The molecule has 1 amide bonds. The van der Waals surface area contributed by atoms with E-state index in [-0.39, 0.29) is 12.3 Å². The van der Waals surface area contributed by atoms with Gasteiger partial charge in [-0.25, -0.2) is 0 Å². The maximum atomic E-state index is 12.0. The van der Waals surface area contributed by atoms with Gasteiger partial charge in [-0.3, -0.25) is 9.59 Å². The zero-order chi connectivity index (χ0) is 15.9. The summed E-state index contributed by atoms with van der Waals surface area (Å²) in [5.41, 5.74) is 1.02.